The third-order valence-corrected chi connectivity index (χ3v) is 3.88. The zero-order valence-corrected chi connectivity index (χ0v) is 12.7. The Hall–Kier alpha value is -2.66. The predicted octanol–water partition coefficient (Wildman–Crippen LogP) is 2.73. The van der Waals surface area contributed by atoms with Crippen LogP contribution in [-0.4, -0.2) is 27.3 Å². The molecule has 5 heteroatoms. The molecular weight excluding hydrogens is 296 g/mol. The van der Waals surface area contributed by atoms with Crippen LogP contribution in [0, 0.1) is 0 Å². The molecule has 5 nitrogen and oxygen atoms in total. The number of aliphatic hydroxyl groups excluding tert-OH is 1. The monoisotopic (exact) mass is 314 g/mol. The molecule has 0 bridgehead atoms. The van der Waals surface area contributed by atoms with Crippen molar-refractivity contribution in [2.24, 2.45) is 0 Å². The van der Waals surface area contributed by atoms with Crippen LogP contribution in [0.2, 0.25) is 0 Å². The molecule has 0 fully saturated rings. The molecule has 0 aromatic heterocycles. The highest BCUT2D eigenvalue weighted by atomic mass is 16.4. The van der Waals surface area contributed by atoms with Crippen molar-refractivity contribution in [3.05, 3.63) is 69.8 Å². The Morgan fingerprint density at radius 1 is 0.957 bits per heavy atom. The van der Waals surface area contributed by atoms with Crippen molar-refractivity contribution in [2.75, 3.05) is 0 Å². The van der Waals surface area contributed by atoms with Gasteiger partial charge in [0.2, 0.25) is 0 Å². The maximum Gasteiger partial charge on any atom is 0.336 e. The van der Waals surface area contributed by atoms with Crippen molar-refractivity contribution in [1.29, 1.82) is 0 Å². The van der Waals surface area contributed by atoms with Crippen molar-refractivity contribution in [3.8, 4) is 0 Å². The fourth-order valence-corrected chi connectivity index (χ4v) is 2.66. The van der Waals surface area contributed by atoms with Gasteiger partial charge in [0.05, 0.1) is 17.7 Å². The molecular formula is C18H18O5. The second-order valence-electron chi connectivity index (χ2n) is 5.23. The zero-order valence-electron chi connectivity index (χ0n) is 12.7. The van der Waals surface area contributed by atoms with E-state index in [4.69, 9.17) is 5.11 Å². The van der Waals surface area contributed by atoms with Gasteiger partial charge >= 0.3 is 11.9 Å². The standard InChI is InChI=1S/C18H18O5/c1-2-11-4-3-5-12(16(11)10-19)8-13-6-7-14(17(20)21)9-15(13)18(22)23/h3-7,9,19H,2,8,10H2,1H3,(H,20,21)(H,22,23). The maximum absolute atomic E-state index is 11.4. The van der Waals surface area contributed by atoms with Crippen LogP contribution in [0.5, 0.6) is 0 Å². The maximum atomic E-state index is 11.4. The smallest absolute Gasteiger partial charge is 0.336 e. The normalized spacial score (nSPS) is 10.5. The number of benzene rings is 2. The molecule has 120 valence electrons. The minimum Gasteiger partial charge on any atom is -0.478 e. The van der Waals surface area contributed by atoms with E-state index in [9.17, 15) is 19.8 Å². The Kier molecular flexibility index (Phi) is 5.13. The number of carbonyl (C=O) groups is 2. The lowest BCUT2D eigenvalue weighted by Crippen LogP contribution is -2.08. The highest BCUT2D eigenvalue weighted by Gasteiger charge is 2.16. The Balaban J connectivity index is 2.48. The fourth-order valence-electron chi connectivity index (χ4n) is 2.66. The molecule has 0 atom stereocenters. The van der Waals surface area contributed by atoms with Gasteiger partial charge in [0.25, 0.3) is 0 Å². The molecule has 0 aliphatic heterocycles. The van der Waals surface area contributed by atoms with E-state index in [0.717, 1.165) is 23.1 Å². The van der Waals surface area contributed by atoms with Gasteiger partial charge in [-0.3, -0.25) is 0 Å². The zero-order chi connectivity index (χ0) is 17.0. The third-order valence-electron chi connectivity index (χ3n) is 3.88. The van der Waals surface area contributed by atoms with Gasteiger partial charge in [-0.2, -0.15) is 0 Å². The van der Waals surface area contributed by atoms with Crippen molar-refractivity contribution >= 4 is 11.9 Å². The summed E-state index contributed by atoms with van der Waals surface area (Å²) >= 11 is 0. The first-order valence-electron chi connectivity index (χ1n) is 7.28. The molecule has 0 heterocycles. The topological polar surface area (TPSA) is 94.8 Å². The molecule has 23 heavy (non-hydrogen) atoms. The molecule has 0 spiro atoms. The number of hydrogen-bond donors (Lipinski definition) is 3. The lowest BCUT2D eigenvalue weighted by Gasteiger charge is -2.13. The van der Waals surface area contributed by atoms with E-state index < -0.39 is 11.9 Å². The number of aliphatic hydroxyl groups is 1. The number of hydrogen-bond acceptors (Lipinski definition) is 3. The lowest BCUT2D eigenvalue weighted by molar-refractivity contribution is 0.0695. The quantitative estimate of drug-likeness (QED) is 0.762. The molecule has 3 N–H and O–H groups in total. The van der Waals surface area contributed by atoms with Gasteiger partial charge in [-0.15, -0.1) is 0 Å². The van der Waals surface area contributed by atoms with Crippen LogP contribution in [0.3, 0.4) is 0 Å². The highest BCUT2D eigenvalue weighted by molar-refractivity contribution is 5.95. The summed E-state index contributed by atoms with van der Waals surface area (Å²) in [6.45, 7) is 1.87. The van der Waals surface area contributed by atoms with Gasteiger partial charge in [-0.05, 0) is 47.2 Å². The average molecular weight is 314 g/mol. The minimum absolute atomic E-state index is 0.0318. The van der Waals surface area contributed by atoms with Gasteiger partial charge in [-0.25, -0.2) is 9.59 Å². The first-order valence-corrected chi connectivity index (χ1v) is 7.28. The van der Waals surface area contributed by atoms with E-state index in [1.165, 1.54) is 18.2 Å². The van der Waals surface area contributed by atoms with Gasteiger partial charge in [0.15, 0.2) is 0 Å². The SMILES string of the molecule is CCc1cccc(Cc2ccc(C(=O)O)cc2C(=O)O)c1CO. The Morgan fingerprint density at radius 3 is 2.22 bits per heavy atom. The summed E-state index contributed by atoms with van der Waals surface area (Å²) < 4.78 is 0. The van der Waals surface area contributed by atoms with Crippen LogP contribution >= 0.6 is 0 Å². The Bertz CT molecular complexity index is 749. The molecule has 0 radical (unpaired) electrons. The molecule has 2 aromatic carbocycles. The molecule has 2 rings (SSSR count). The third kappa shape index (κ3) is 3.57. The summed E-state index contributed by atoms with van der Waals surface area (Å²) in [5, 5.41) is 27.9. The highest BCUT2D eigenvalue weighted by Crippen LogP contribution is 2.22. The lowest BCUT2D eigenvalue weighted by atomic mass is 9.92. The summed E-state index contributed by atoms with van der Waals surface area (Å²) in [6.07, 6.45) is 1.10. The van der Waals surface area contributed by atoms with Crippen LogP contribution in [0.15, 0.2) is 36.4 Å². The molecule has 0 aliphatic rings. The predicted molar refractivity (Wildman–Crippen MR) is 84.9 cm³/mol. The molecule has 0 aliphatic carbocycles. The van der Waals surface area contributed by atoms with Crippen LogP contribution in [0.4, 0.5) is 0 Å². The number of aryl methyl sites for hydroxylation is 1. The molecule has 0 saturated heterocycles. The second kappa shape index (κ2) is 7.07. The second-order valence-corrected chi connectivity index (χ2v) is 5.23. The van der Waals surface area contributed by atoms with Crippen LogP contribution in [0.25, 0.3) is 0 Å². The van der Waals surface area contributed by atoms with Gasteiger partial charge in [-0.1, -0.05) is 31.2 Å². The Morgan fingerprint density at radius 2 is 1.65 bits per heavy atom. The van der Waals surface area contributed by atoms with Gasteiger partial charge in [0.1, 0.15) is 0 Å². The first-order chi connectivity index (χ1) is 11.0. The summed E-state index contributed by atoms with van der Waals surface area (Å²) in [6, 6.07) is 9.74. The van der Waals surface area contributed by atoms with E-state index in [2.05, 4.69) is 0 Å². The van der Waals surface area contributed by atoms with E-state index in [1.54, 1.807) is 0 Å². The number of carboxylic acids is 2. The summed E-state index contributed by atoms with van der Waals surface area (Å²) in [5.74, 6) is -2.33. The molecule has 2 aromatic rings. The van der Waals surface area contributed by atoms with Crippen molar-refractivity contribution in [3.63, 3.8) is 0 Å². The molecule has 0 saturated carbocycles. The van der Waals surface area contributed by atoms with Crippen LogP contribution in [-0.2, 0) is 19.4 Å². The summed E-state index contributed by atoms with van der Waals surface area (Å²) in [5.41, 5.74) is 3.09. The van der Waals surface area contributed by atoms with Crippen LogP contribution in [0.1, 0.15) is 49.9 Å². The average Bonchev–Trinajstić information content (AvgIpc) is 2.54. The van der Waals surface area contributed by atoms with Crippen molar-refractivity contribution in [2.45, 2.75) is 26.4 Å². The van der Waals surface area contributed by atoms with Crippen molar-refractivity contribution < 1.29 is 24.9 Å². The fraction of sp³-hybridized carbons (Fsp3) is 0.222. The van der Waals surface area contributed by atoms with Crippen LogP contribution < -0.4 is 0 Å². The van der Waals surface area contributed by atoms with E-state index in [1.807, 2.05) is 25.1 Å². The van der Waals surface area contributed by atoms with Crippen molar-refractivity contribution in [1.82, 2.24) is 0 Å². The minimum atomic E-state index is -1.17. The number of aromatic carboxylic acids is 2. The summed E-state index contributed by atoms with van der Waals surface area (Å²) in [7, 11) is 0. The summed E-state index contributed by atoms with van der Waals surface area (Å²) in [4.78, 5) is 22.4. The van der Waals surface area contributed by atoms with E-state index in [0.29, 0.717) is 12.0 Å². The molecule has 0 unspecified atom stereocenters. The number of rotatable bonds is 6. The van der Waals surface area contributed by atoms with E-state index in [-0.39, 0.29) is 17.7 Å². The van der Waals surface area contributed by atoms with E-state index >= 15 is 0 Å². The largest absolute Gasteiger partial charge is 0.478 e. The van der Waals surface area contributed by atoms with Gasteiger partial charge < -0.3 is 15.3 Å². The molecule has 0 amide bonds. The first kappa shape index (κ1) is 16.7. The number of carboxylic acid groups (broad SMARTS) is 2. The Labute approximate surface area is 133 Å². The van der Waals surface area contributed by atoms with Gasteiger partial charge in [0, 0.05) is 0 Å².